The third-order valence-corrected chi connectivity index (χ3v) is 4.18. The van der Waals surface area contributed by atoms with Gasteiger partial charge in [-0.1, -0.05) is 5.16 Å². The average molecular weight is 293 g/mol. The number of nitrogens with zero attached hydrogens (tertiary/aromatic N) is 2. The molecule has 7 heteroatoms. The van der Waals surface area contributed by atoms with Crippen molar-refractivity contribution in [2.45, 2.75) is 12.6 Å². The summed E-state index contributed by atoms with van der Waals surface area (Å²) >= 11 is 1.87. The number of nitrogens with two attached hydrogens (primary N) is 1. The largest absolute Gasteiger partial charge is 0.493 e. The molecule has 1 aliphatic rings. The van der Waals surface area contributed by atoms with E-state index in [0.29, 0.717) is 17.5 Å². The summed E-state index contributed by atoms with van der Waals surface area (Å²) in [5.41, 5.74) is 6.26. The molecule has 6 nitrogen and oxygen atoms in total. The van der Waals surface area contributed by atoms with E-state index in [2.05, 4.69) is 10.1 Å². The van der Waals surface area contributed by atoms with Crippen molar-refractivity contribution in [1.82, 2.24) is 10.1 Å². The number of thioether (sulfide) groups is 1. The zero-order valence-corrected chi connectivity index (χ0v) is 11.9. The van der Waals surface area contributed by atoms with E-state index in [4.69, 9.17) is 19.7 Å². The normalized spacial score (nSPS) is 14.9. The lowest BCUT2D eigenvalue weighted by Gasteiger charge is -2.26. The van der Waals surface area contributed by atoms with E-state index in [1.807, 2.05) is 30.0 Å². The zero-order valence-electron chi connectivity index (χ0n) is 11.0. The van der Waals surface area contributed by atoms with Gasteiger partial charge in [0.1, 0.15) is 6.10 Å². The third kappa shape index (κ3) is 2.59. The van der Waals surface area contributed by atoms with Gasteiger partial charge >= 0.3 is 0 Å². The summed E-state index contributed by atoms with van der Waals surface area (Å²) in [6.07, 6.45) is 0.272. The number of hydrogen-bond acceptors (Lipinski definition) is 7. The number of aromatic nitrogens is 2. The molecule has 0 amide bonds. The molecule has 2 N–H and O–H groups in total. The molecule has 0 spiro atoms. The van der Waals surface area contributed by atoms with E-state index >= 15 is 0 Å². The van der Waals surface area contributed by atoms with Gasteiger partial charge in [-0.15, -0.1) is 0 Å². The van der Waals surface area contributed by atoms with Crippen molar-refractivity contribution >= 4 is 11.8 Å². The molecule has 1 aromatic heterocycles. The molecule has 0 radical (unpaired) electrons. The SMILES string of the molecule is COc1cc(-c2noc(CN)n2)ccc1OC1CSC1. The maximum atomic E-state index is 5.86. The highest BCUT2D eigenvalue weighted by Gasteiger charge is 2.22. The number of hydrogen-bond donors (Lipinski definition) is 1. The van der Waals surface area contributed by atoms with Crippen LogP contribution >= 0.6 is 11.8 Å². The molecule has 20 heavy (non-hydrogen) atoms. The van der Waals surface area contributed by atoms with E-state index in [1.54, 1.807) is 7.11 Å². The Morgan fingerprint density at radius 1 is 1.40 bits per heavy atom. The molecule has 1 aliphatic heterocycles. The Hall–Kier alpha value is -1.73. The van der Waals surface area contributed by atoms with E-state index in [9.17, 15) is 0 Å². The van der Waals surface area contributed by atoms with Crippen LogP contribution in [0.1, 0.15) is 5.89 Å². The smallest absolute Gasteiger partial charge is 0.240 e. The first-order valence-electron chi connectivity index (χ1n) is 6.25. The lowest BCUT2D eigenvalue weighted by Crippen LogP contribution is -2.31. The molecule has 2 heterocycles. The molecule has 106 valence electrons. The Morgan fingerprint density at radius 2 is 2.25 bits per heavy atom. The maximum absolute atomic E-state index is 5.86. The van der Waals surface area contributed by atoms with Crippen molar-refractivity contribution in [3.8, 4) is 22.9 Å². The Morgan fingerprint density at radius 3 is 2.85 bits per heavy atom. The van der Waals surface area contributed by atoms with Gasteiger partial charge in [0.05, 0.1) is 13.7 Å². The molecule has 0 atom stereocenters. The van der Waals surface area contributed by atoms with Gasteiger partial charge in [-0.2, -0.15) is 16.7 Å². The Labute approximate surface area is 120 Å². The van der Waals surface area contributed by atoms with Crippen LogP contribution in [0.15, 0.2) is 22.7 Å². The third-order valence-electron chi connectivity index (χ3n) is 2.97. The second kappa shape index (κ2) is 5.72. The summed E-state index contributed by atoms with van der Waals surface area (Å²) in [5, 5.41) is 3.88. The highest BCUT2D eigenvalue weighted by Crippen LogP contribution is 2.34. The number of benzene rings is 1. The van der Waals surface area contributed by atoms with Crippen molar-refractivity contribution in [3.05, 3.63) is 24.1 Å². The standard InChI is InChI=1S/C13H15N3O3S/c1-17-11-4-8(13-15-12(5-14)19-16-13)2-3-10(11)18-9-6-20-7-9/h2-4,9H,5-7,14H2,1H3. The quantitative estimate of drug-likeness (QED) is 0.898. The highest BCUT2D eigenvalue weighted by atomic mass is 32.2. The Kier molecular flexibility index (Phi) is 3.79. The van der Waals surface area contributed by atoms with Crippen LogP contribution in [0, 0.1) is 0 Å². The fraction of sp³-hybridized carbons (Fsp3) is 0.385. The van der Waals surface area contributed by atoms with Gasteiger partial charge in [-0.25, -0.2) is 0 Å². The van der Waals surface area contributed by atoms with Crippen LogP contribution in [-0.4, -0.2) is 34.9 Å². The molecule has 0 unspecified atom stereocenters. The van der Waals surface area contributed by atoms with Crippen LogP contribution in [0.25, 0.3) is 11.4 Å². The summed E-state index contributed by atoms with van der Waals surface area (Å²) in [6.45, 7) is 0.227. The first-order valence-corrected chi connectivity index (χ1v) is 7.41. The van der Waals surface area contributed by atoms with Gasteiger partial charge in [0.25, 0.3) is 0 Å². The second-order valence-electron chi connectivity index (χ2n) is 4.36. The summed E-state index contributed by atoms with van der Waals surface area (Å²) in [7, 11) is 1.61. The van der Waals surface area contributed by atoms with E-state index < -0.39 is 0 Å². The molecular weight excluding hydrogens is 278 g/mol. The monoisotopic (exact) mass is 293 g/mol. The number of ether oxygens (including phenoxy) is 2. The molecule has 0 bridgehead atoms. The highest BCUT2D eigenvalue weighted by molar-refractivity contribution is 8.00. The van der Waals surface area contributed by atoms with Crippen molar-refractivity contribution < 1.29 is 14.0 Å². The summed E-state index contributed by atoms with van der Waals surface area (Å²) in [6, 6.07) is 5.59. The zero-order chi connectivity index (χ0) is 13.9. The molecule has 1 saturated heterocycles. The van der Waals surface area contributed by atoms with Crippen LogP contribution in [0.3, 0.4) is 0 Å². The summed E-state index contributed by atoms with van der Waals surface area (Å²) < 4.78 is 16.2. The predicted octanol–water partition coefficient (Wildman–Crippen LogP) is 1.70. The number of methoxy groups -OCH3 is 1. The first-order chi connectivity index (χ1) is 9.80. The maximum Gasteiger partial charge on any atom is 0.240 e. The molecule has 1 fully saturated rings. The molecule has 1 aromatic carbocycles. The molecule has 3 rings (SSSR count). The summed E-state index contributed by atoms with van der Waals surface area (Å²) in [5.74, 6) is 4.36. The van der Waals surface area contributed by atoms with E-state index in [1.165, 1.54) is 0 Å². The van der Waals surface area contributed by atoms with Crippen LogP contribution in [0.4, 0.5) is 0 Å². The topological polar surface area (TPSA) is 83.4 Å². The Bertz CT molecular complexity index is 598. The van der Waals surface area contributed by atoms with Crippen molar-refractivity contribution in [2.24, 2.45) is 5.73 Å². The predicted molar refractivity (Wildman–Crippen MR) is 75.9 cm³/mol. The van der Waals surface area contributed by atoms with Crippen molar-refractivity contribution in [3.63, 3.8) is 0 Å². The van der Waals surface area contributed by atoms with Gasteiger partial charge in [0.2, 0.25) is 11.7 Å². The van der Waals surface area contributed by atoms with Gasteiger partial charge in [-0.05, 0) is 18.2 Å². The van der Waals surface area contributed by atoms with E-state index in [0.717, 1.165) is 22.8 Å². The lowest BCUT2D eigenvalue weighted by atomic mass is 10.2. The number of rotatable bonds is 5. The first kappa shape index (κ1) is 13.3. The van der Waals surface area contributed by atoms with Gasteiger partial charge < -0.3 is 19.7 Å². The van der Waals surface area contributed by atoms with Gasteiger partial charge in [0, 0.05) is 17.1 Å². The Balaban J connectivity index is 1.85. The van der Waals surface area contributed by atoms with Crippen molar-refractivity contribution in [1.29, 1.82) is 0 Å². The molecule has 0 aliphatic carbocycles. The minimum absolute atomic E-state index is 0.227. The average Bonchev–Trinajstić information content (AvgIpc) is 2.91. The second-order valence-corrected chi connectivity index (χ2v) is 5.43. The fourth-order valence-electron chi connectivity index (χ4n) is 1.82. The van der Waals surface area contributed by atoms with Gasteiger partial charge in [0.15, 0.2) is 11.5 Å². The molecule has 2 aromatic rings. The molecular formula is C13H15N3O3S. The summed E-state index contributed by atoms with van der Waals surface area (Å²) in [4.78, 5) is 4.19. The minimum atomic E-state index is 0.227. The van der Waals surface area contributed by atoms with Crippen LogP contribution in [-0.2, 0) is 6.54 Å². The van der Waals surface area contributed by atoms with Crippen LogP contribution in [0.5, 0.6) is 11.5 Å². The van der Waals surface area contributed by atoms with Gasteiger partial charge in [-0.3, -0.25) is 0 Å². The molecule has 0 saturated carbocycles. The van der Waals surface area contributed by atoms with Crippen LogP contribution in [0.2, 0.25) is 0 Å². The lowest BCUT2D eigenvalue weighted by molar-refractivity contribution is 0.228. The van der Waals surface area contributed by atoms with Crippen LogP contribution < -0.4 is 15.2 Å². The minimum Gasteiger partial charge on any atom is -0.493 e. The van der Waals surface area contributed by atoms with Crippen molar-refractivity contribution in [2.75, 3.05) is 18.6 Å². The fourth-order valence-corrected chi connectivity index (χ4v) is 2.38. The van der Waals surface area contributed by atoms with E-state index in [-0.39, 0.29) is 12.6 Å².